The highest BCUT2D eigenvalue weighted by molar-refractivity contribution is 7.89. The molecular weight excluding hydrogens is 564 g/mol. The molecule has 3 aromatic rings. The number of alkyl halides is 3. The van der Waals surface area contributed by atoms with E-state index in [1.165, 1.54) is 24.1 Å². The highest BCUT2D eigenvalue weighted by Crippen LogP contribution is 2.33. The summed E-state index contributed by atoms with van der Waals surface area (Å²) in [5.41, 5.74) is 1.42. The van der Waals surface area contributed by atoms with Gasteiger partial charge in [-0.25, -0.2) is 17.5 Å². The van der Waals surface area contributed by atoms with Crippen molar-refractivity contribution in [1.29, 1.82) is 0 Å². The van der Waals surface area contributed by atoms with Gasteiger partial charge in [0.25, 0.3) is 9.70 Å². The van der Waals surface area contributed by atoms with Crippen LogP contribution in [-0.2, 0) is 21.2 Å². The van der Waals surface area contributed by atoms with Crippen LogP contribution in [0.25, 0.3) is 10.8 Å². The van der Waals surface area contributed by atoms with Crippen molar-refractivity contribution in [3.8, 4) is 5.75 Å². The predicted molar refractivity (Wildman–Crippen MR) is 145 cm³/mol. The van der Waals surface area contributed by atoms with E-state index in [4.69, 9.17) is 39.5 Å². The molecule has 0 spiro atoms. The third-order valence-corrected chi connectivity index (χ3v) is 8.20. The highest BCUT2D eigenvalue weighted by Gasteiger charge is 2.36. The van der Waals surface area contributed by atoms with E-state index in [1.807, 2.05) is 17.0 Å². The fourth-order valence-corrected chi connectivity index (χ4v) is 5.77. The van der Waals surface area contributed by atoms with E-state index < -0.39 is 19.7 Å². The average molecular weight is 589 g/mol. The van der Waals surface area contributed by atoms with Gasteiger partial charge in [0, 0.05) is 38.1 Å². The van der Waals surface area contributed by atoms with Crippen molar-refractivity contribution in [2.24, 2.45) is 0 Å². The highest BCUT2D eigenvalue weighted by atomic mass is 35.6. The van der Waals surface area contributed by atoms with Crippen molar-refractivity contribution in [2.45, 2.75) is 15.1 Å². The lowest BCUT2D eigenvalue weighted by Gasteiger charge is -2.37. The second-order valence-corrected chi connectivity index (χ2v) is 12.6. The number of hydrogen-bond acceptors (Lipinski definition) is 5. The van der Waals surface area contributed by atoms with Gasteiger partial charge in [0.1, 0.15) is 11.6 Å². The Kier molecular flexibility index (Phi) is 8.40. The number of amides is 1. The summed E-state index contributed by atoms with van der Waals surface area (Å²) in [6, 6.07) is 14.8. The number of benzene rings is 3. The normalized spacial score (nSPS) is 14.7. The Morgan fingerprint density at radius 2 is 1.70 bits per heavy atom. The molecular formula is C25H25Cl3FN3O4S. The average Bonchev–Trinajstić information content (AvgIpc) is 2.89. The molecule has 1 aliphatic heterocycles. The topological polar surface area (TPSA) is 79.0 Å². The van der Waals surface area contributed by atoms with Gasteiger partial charge in [-0.05, 0) is 41.6 Å². The number of carbonyl (C=O) groups is 1. The maximum Gasteiger partial charge on any atom is 0.274 e. The van der Waals surface area contributed by atoms with Crippen LogP contribution >= 0.6 is 34.8 Å². The lowest BCUT2D eigenvalue weighted by atomic mass is 10.0. The van der Waals surface area contributed by atoms with Gasteiger partial charge in [0.2, 0.25) is 10.0 Å². The van der Waals surface area contributed by atoms with Crippen LogP contribution in [0.2, 0.25) is 0 Å². The smallest absolute Gasteiger partial charge is 0.274 e. The number of methoxy groups -OCH3 is 1. The van der Waals surface area contributed by atoms with Crippen molar-refractivity contribution in [3.63, 3.8) is 0 Å². The summed E-state index contributed by atoms with van der Waals surface area (Å²) in [6.07, 6.45) is 0.391. The van der Waals surface area contributed by atoms with E-state index in [9.17, 15) is 17.6 Å². The van der Waals surface area contributed by atoms with E-state index in [-0.39, 0.29) is 17.3 Å². The van der Waals surface area contributed by atoms with Gasteiger partial charge in [-0.3, -0.25) is 4.79 Å². The summed E-state index contributed by atoms with van der Waals surface area (Å²) >= 11 is 17.2. The SMILES string of the molecule is COc1ccc(S(=O)(=O)NCCc2ccc(F)c3ccccc23)cc1N1CCN(C(=O)C(Cl)(Cl)Cl)CC1. The molecule has 1 heterocycles. The summed E-state index contributed by atoms with van der Waals surface area (Å²) in [7, 11) is -2.34. The zero-order chi connectivity index (χ0) is 26.8. The van der Waals surface area contributed by atoms with Crippen molar-refractivity contribution >= 4 is 67.2 Å². The Balaban J connectivity index is 1.47. The van der Waals surface area contributed by atoms with Gasteiger partial charge in [0.15, 0.2) is 0 Å². The summed E-state index contributed by atoms with van der Waals surface area (Å²) in [4.78, 5) is 15.7. The van der Waals surface area contributed by atoms with Crippen LogP contribution in [-0.4, -0.2) is 62.9 Å². The number of rotatable bonds is 7. The molecule has 1 amide bonds. The lowest BCUT2D eigenvalue weighted by Crippen LogP contribution is -2.51. The van der Waals surface area contributed by atoms with Gasteiger partial charge < -0.3 is 14.5 Å². The molecule has 0 aromatic heterocycles. The first kappa shape index (κ1) is 27.7. The Labute approximate surface area is 230 Å². The monoisotopic (exact) mass is 587 g/mol. The quantitative estimate of drug-likeness (QED) is 0.411. The van der Waals surface area contributed by atoms with Crippen LogP contribution < -0.4 is 14.4 Å². The number of hydrogen-bond donors (Lipinski definition) is 1. The number of piperazine rings is 1. The van der Waals surface area contributed by atoms with E-state index in [1.54, 1.807) is 30.3 Å². The molecule has 3 aromatic carbocycles. The molecule has 4 rings (SSSR count). The Hall–Kier alpha value is -2.30. The van der Waals surface area contributed by atoms with Crippen LogP contribution in [0.1, 0.15) is 5.56 Å². The molecule has 1 N–H and O–H groups in total. The van der Waals surface area contributed by atoms with Crippen LogP contribution in [0.5, 0.6) is 5.75 Å². The second-order valence-electron chi connectivity index (χ2n) is 8.51. The van der Waals surface area contributed by atoms with E-state index >= 15 is 0 Å². The van der Waals surface area contributed by atoms with Crippen LogP contribution in [0, 0.1) is 5.82 Å². The molecule has 0 bridgehead atoms. The standard InChI is InChI=1S/C25H25Cl3FN3O4S/c1-36-23-9-7-18(16-22(23)31-12-14-32(15-13-31)24(33)25(26,27)28)37(34,35)30-11-10-17-6-8-21(29)20-5-3-2-4-19(17)20/h2-9,16,30H,10-15H2,1H3. The number of nitrogens with one attached hydrogen (secondary N) is 1. The Bertz CT molecular complexity index is 1410. The van der Waals surface area contributed by atoms with Crippen molar-refractivity contribution in [3.05, 3.63) is 66.0 Å². The van der Waals surface area contributed by atoms with E-state index in [0.717, 1.165) is 10.9 Å². The van der Waals surface area contributed by atoms with Crippen LogP contribution in [0.4, 0.5) is 10.1 Å². The molecule has 0 aliphatic carbocycles. The Morgan fingerprint density at radius 3 is 2.35 bits per heavy atom. The summed E-state index contributed by atoms with van der Waals surface area (Å²) in [5.74, 6) is -0.417. The fraction of sp³-hybridized carbons (Fsp3) is 0.320. The minimum absolute atomic E-state index is 0.0760. The van der Waals surface area contributed by atoms with Gasteiger partial charge >= 0.3 is 0 Å². The first-order valence-electron chi connectivity index (χ1n) is 11.5. The predicted octanol–water partition coefficient (Wildman–Crippen LogP) is 4.53. The lowest BCUT2D eigenvalue weighted by molar-refractivity contribution is -0.130. The minimum Gasteiger partial charge on any atom is -0.495 e. The molecule has 12 heteroatoms. The van der Waals surface area contributed by atoms with Gasteiger partial charge in [0.05, 0.1) is 17.7 Å². The number of nitrogens with zero attached hydrogens (tertiary/aromatic N) is 2. The third-order valence-electron chi connectivity index (χ3n) is 6.26. The zero-order valence-corrected chi connectivity index (χ0v) is 23.0. The van der Waals surface area contributed by atoms with Gasteiger partial charge in [-0.2, -0.15) is 0 Å². The van der Waals surface area contributed by atoms with Crippen molar-refractivity contribution in [1.82, 2.24) is 9.62 Å². The molecule has 0 radical (unpaired) electrons. The molecule has 0 saturated carbocycles. The number of carbonyl (C=O) groups excluding carboxylic acids is 1. The fourth-order valence-electron chi connectivity index (χ4n) is 4.36. The molecule has 1 saturated heterocycles. The molecule has 0 atom stereocenters. The second kappa shape index (κ2) is 11.2. The number of fused-ring (bicyclic) bond motifs is 1. The molecule has 198 valence electrons. The van der Waals surface area contributed by atoms with E-state index in [2.05, 4.69) is 4.72 Å². The number of sulfonamides is 1. The maximum absolute atomic E-state index is 14.1. The van der Waals surface area contributed by atoms with Gasteiger partial charge in [-0.1, -0.05) is 65.1 Å². The largest absolute Gasteiger partial charge is 0.495 e. The van der Waals surface area contributed by atoms with Crippen molar-refractivity contribution < 1.29 is 22.3 Å². The zero-order valence-electron chi connectivity index (χ0n) is 19.9. The molecule has 1 aliphatic rings. The summed E-state index contributed by atoms with van der Waals surface area (Å²) in [5, 5.41) is 1.25. The molecule has 37 heavy (non-hydrogen) atoms. The first-order valence-corrected chi connectivity index (χ1v) is 14.1. The third kappa shape index (κ3) is 6.23. The minimum atomic E-state index is -3.84. The summed E-state index contributed by atoms with van der Waals surface area (Å²) in [6.45, 7) is 1.54. The molecule has 1 fully saturated rings. The number of ether oxygens (including phenoxy) is 1. The molecule has 0 unspecified atom stereocenters. The Morgan fingerprint density at radius 1 is 1.03 bits per heavy atom. The first-order chi connectivity index (χ1) is 17.5. The van der Waals surface area contributed by atoms with Crippen molar-refractivity contribution in [2.75, 3.05) is 44.7 Å². The summed E-state index contributed by atoms with van der Waals surface area (Å²) < 4.78 is 46.4. The van der Waals surface area contributed by atoms with E-state index in [0.29, 0.717) is 49.4 Å². The van der Waals surface area contributed by atoms with Gasteiger partial charge in [-0.15, -0.1) is 0 Å². The maximum atomic E-state index is 14.1. The van der Waals surface area contributed by atoms with Crippen LogP contribution in [0.3, 0.4) is 0 Å². The number of halogens is 4. The molecule has 7 nitrogen and oxygen atoms in total. The van der Waals surface area contributed by atoms with Crippen LogP contribution in [0.15, 0.2) is 59.5 Å². The number of anilines is 1.